The fraction of sp³-hybridized carbons (Fsp3) is 0.0938. The van der Waals surface area contributed by atoms with Crippen LogP contribution in [-0.2, 0) is 28.0 Å². The molecule has 0 atom stereocenters. The van der Waals surface area contributed by atoms with E-state index in [2.05, 4.69) is 15.0 Å². The predicted molar refractivity (Wildman–Crippen MR) is 168 cm³/mol. The Labute approximate surface area is 257 Å². The molecule has 2 aliphatic rings. The standard InChI is InChI=1S/C32H25FN4O5S2/c33-25-10-6-22(7-11-25)20-42-27-13-8-21(9-14-27)18-29-31(39)35-32(43-29)34-26-12-15-28-24(19-26)16-17-37(28)44(40,41)36-30(38)23-4-2-1-3-5-23/h1-15,18-19H,16-17,20H2,(H,36,38)(H,34,35,39)/b29-18-. The molecule has 44 heavy (non-hydrogen) atoms. The number of hydrogen-bond donors (Lipinski definition) is 2. The summed E-state index contributed by atoms with van der Waals surface area (Å²) in [5.41, 5.74) is 3.68. The highest BCUT2D eigenvalue weighted by Gasteiger charge is 2.31. The smallest absolute Gasteiger partial charge is 0.326 e. The first kappa shape index (κ1) is 29.1. The van der Waals surface area contributed by atoms with Crippen LogP contribution < -0.4 is 19.1 Å². The summed E-state index contributed by atoms with van der Waals surface area (Å²) in [7, 11) is -4.11. The molecule has 4 aromatic rings. The molecule has 222 valence electrons. The van der Waals surface area contributed by atoms with Crippen molar-refractivity contribution in [1.29, 1.82) is 0 Å². The Hall–Kier alpha value is -4.94. The number of rotatable bonds is 8. The van der Waals surface area contributed by atoms with Crippen molar-refractivity contribution in [2.45, 2.75) is 13.0 Å². The van der Waals surface area contributed by atoms with Gasteiger partial charge in [0.05, 0.1) is 16.3 Å². The number of nitrogens with zero attached hydrogens (tertiary/aromatic N) is 2. The Kier molecular flexibility index (Phi) is 8.18. The molecular weight excluding hydrogens is 604 g/mol. The molecular formula is C32H25FN4O5S2. The molecule has 0 radical (unpaired) electrons. The van der Waals surface area contributed by atoms with Crippen LogP contribution in [0.5, 0.6) is 5.75 Å². The second kappa shape index (κ2) is 12.3. The summed E-state index contributed by atoms with van der Waals surface area (Å²) in [5.74, 6) is -0.639. The van der Waals surface area contributed by atoms with Gasteiger partial charge < -0.3 is 10.1 Å². The fourth-order valence-corrected chi connectivity index (χ4v) is 6.73. The number of amidine groups is 1. The van der Waals surface area contributed by atoms with Gasteiger partial charge in [-0.2, -0.15) is 8.42 Å². The molecule has 2 aliphatic heterocycles. The lowest BCUT2D eigenvalue weighted by Crippen LogP contribution is -2.42. The normalized spacial score (nSPS) is 16.2. The van der Waals surface area contributed by atoms with Gasteiger partial charge in [0.1, 0.15) is 18.2 Å². The average Bonchev–Trinajstić information content (AvgIpc) is 3.60. The second-order valence-corrected chi connectivity index (χ2v) is 12.5. The minimum atomic E-state index is -4.11. The van der Waals surface area contributed by atoms with E-state index in [1.807, 2.05) is 12.1 Å². The quantitative estimate of drug-likeness (QED) is 0.255. The molecule has 0 bridgehead atoms. The van der Waals surface area contributed by atoms with E-state index in [-0.39, 0.29) is 23.8 Å². The van der Waals surface area contributed by atoms with Crippen LogP contribution >= 0.6 is 11.8 Å². The minimum absolute atomic E-state index is 0.182. The van der Waals surface area contributed by atoms with Gasteiger partial charge in [-0.1, -0.05) is 42.5 Å². The van der Waals surface area contributed by atoms with Gasteiger partial charge in [-0.15, -0.1) is 0 Å². The first-order valence-corrected chi connectivity index (χ1v) is 15.8. The van der Waals surface area contributed by atoms with Crippen molar-refractivity contribution >= 4 is 56.4 Å². The average molecular weight is 629 g/mol. The van der Waals surface area contributed by atoms with E-state index >= 15 is 0 Å². The molecule has 0 saturated carbocycles. The number of hydrogen-bond acceptors (Lipinski definition) is 7. The third-order valence-electron chi connectivity index (χ3n) is 6.84. The molecule has 0 unspecified atom stereocenters. The van der Waals surface area contributed by atoms with E-state index in [0.717, 1.165) is 16.7 Å². The van der Waals surface area contributed by atoms with E-state index in [9.17, 15) is 22.4 Å². The Morgan fingerprint density at radius 1 is 1.02 bits per heavy atom. The number of ether oxygens (including phenoxy) is 1. The van der Waals surface area contributed by atoms with E-state index in [0.29, 0.717) is 40.2 Å². The van der Waals surface area contributed by atoms with E-state index in [1.165, 1.54) is 28.2 Å². The third-order valence-corrected chi connectivity index (χ3v) is 9.15. The maximum atomic E-state index is 13.1. The summed E-state index contributed by atoms with van der Waals surface area (Å²) in [6, 6.07) is 26.6. The maximum absolute atomic E-state index is 13.1. The highest BCUT2D eigenvalue weighted by Crippen LogP contribution is 2.34. The molecule has 6 rings (SSSR count). The Bertz CT molecular complexity index is 1900. The zero-order valence-corrected chi connectivity index (χ0v) is 24.7. The van der Waals surface area contributed by atoms with Gasteiger partial charge in [0.25, 0.3) is 11.8 Å². The molecule has 2 heterocycles. The van der Waals surface area contributed by atoms with E-state index in [1.54, 1.807) is 78.9 Å². The second-order valence-electron chi connectivity index (χ2n) is 9.90. The third kappa shape index (κ3) is 6.66. The van der Waals surface area contributed by atoms with Crippen LogP contribution in [0.25, 0.3) is 6.08 Å². The van der Waals surface area contributed by atoms with Gasteiger partial charge in [-0.25, -0.2) is 14.1 Å². The van der Waals surface area contributed by atoms with Crippen LogP contribution in [0.2, 0.25) is 0 Å². The first-order valence-electron chi connectivity index (χ1n) is 13.5. The molecule has 1 saturated heterocycles. The lowest BCUT2D eigenvalue weighted by Gasteiger charge is -2.19. The Balaban J connectivity index is 1.09. The number of anilines is 1. The van der Waals surface area contributed by atoms with Crippen LogP contribution in [-0.4, -0.2) is 31.9 Å². The van der Waals surface area contributed by atoms with Crippen molar-refractivity contribution in [3.05, 3.63) is 130 Å². The summed E-state index contributed by atoms with van der Waals surface area (Å²) < 4.78 is 48.1. The number of benzene rings is 4. The summed E-state index contributed by atoms with van der Waals surface area (Å²) >= 11 is 1.20. The fourth-order valence-electron chi connectivity index (χ4n) is 4.65. The van der Waals surface area contributed by atoms with Gasteiger partial charge in [0.15, 0.2) is 5.17 Å². The summed E-state index contributed by atoms with van der Waals surface area (Å²) in [4.78, 5) is 30.1. The number of halogens is 1. The molecule has 0 aromatic heterocycles. The van der Waals surface area contributed by atoms with Crippen molar-refractivity contribution < 1.29 is 27.1 Å². The number of fused-ring (bicyclic) bond motifs is 1. The highest BCUT2D eigenvalue weighted by atomic mass is 32.2. The number of amides is 2. The van der Waals surface area contributed by atoms with Gasteiger partial charge in [-0.05, 0) is 95.5 Å². The van der Waals surface area contributed by atoms with Crippen LogP contribution in [0, 0.1) is 5.82 Å². The molecule has 0 aliphatic carbocycles. The van der Waals surface area contributed by atoms with Gasteiger partial charge in [-0.3, -0.25) is 13.9 Å². The lowest BCUT2D eigenvalue weighted by molar-refractivity contribution is -0.115. The molecule has 1 fully saturated rings. The number of aliphatic imine (C=N–C) groups is 1. The van der Waals surface area contributed by atoms with E-state index < -0.39 is 16.1 Å². The highest BCUT2D eigenvalue weighted by molar-refractivity contribution is 8.18. The van der Waals surface area contributed by atoms with Crippen molar-refractivity contribution in [1.82, 2.24) is 10.0 Å². The predicted octanol–water partition coefficient (Wildman–Crippen LogP) is 5.33. The largest absolute Gasteiger partial charge is 0.489 e. The van der Waals surface area contributed by atoms with Gasteiger partial charge >= 0.3 is 10.2 Å². The number of nitrogens with one attached hydrogen (secondary N) is 2. The zero-order chi connectivity index (χ0) is 30.7. The molecule has 12 heteroatoms. The van der Waals surface area contributed by atoms with Crippen LogP contribution in [0.3, 0.4) is 0 Å². The summed E-state index contributed by atoms with van der Waals surface area (Å²) in [6.07, 6.45) is 2.20. The molecule has 9 nitrogen and oxygen atoms in total. The summed E-state index contributed by atoms with van der Waals surface area (Å²) in [5, 5.41) is 3.17. The van der Waals surface area contributed by atoms with Gasteiger partial charge in [0, 0.05) is 12.1 Å². The monoisotopic (exact) mass is 628 g/mol. The number of thioether (sulfide) groups is 1. The van der Waals surface area contributed by atoms with Crippen molar-refractivity contribution in [3.63, 3.8) is 0 Å². The first-order chi connectivity index (χ1) is 21.2. The van der Waals surface area contributed by atoms with Crippen molar-refractivity contribution in [2.24, 2.45) is 4.99 Å². The van der Waals surface area contributed by atoms with Crippen molar-refractivity contribution in [2.75, 3.05) is 10.8 Å². The van der Waals surface area contributed by atoms with Crippen molar-refractivity contribution in [3.8, 4) is 5.75 Å². The topological polar surface area (TPSA) is 117 Å². The lowest BCUT2D eigenvalue weighted by atomic mass is 10.1. The maximum Gasteiger partial charge on any atom is 0.326 e. The molecule has 2 amide bonds. The van der Waals surface area contributed by atoms with Crippen LogP contribution in [0.1, 0.15) is 27.0 Å². The number of carbonyl (C=O) groups excluding carboxylic acids is 2. The SMILES string of the molecule is O=C1NC(=Nc2ccc3c(c2)CCN3S(=O)(=O)NC(=O)c2ccccc2)S/C1=C\c1ccc(OCc2ccc(F)cc2)cc1. The minimum Gasteiger partial charge on any atom is -0.489 e. The number of carbonyl (C=O) groups is 2. The van der Waals surface area contributed by atoms with Gasteiger partial charge in [0.2, 0.25) is 0 Å². The summed E-state index contributed by atoms with van der Waals surface area (Å²) in [6.45, 7) is 0.487. The van der Waals surface area contributed by atoms with Crippen LogP contribution in [0.15, 0.2) is 107 Å². The molecule has 0 spiro atoms. The molecule has 2 N–H and O–H groups in total. The Morgan fingerprint density at radius 3 is 2.52 bits per heavy atom. The zero-order valence-electron chi connectivity index (χ0n) is 23.1. The van der Waals surface area contributed by atoms with Crippen LogP contribution in [0.4, 0.5) is 15.8 Å². The Morgan fingerprint density at radius 2 is 1.77 bits per heavy atom. The van der Waals surface area contributed by atoms with E-state index in [4.69, 9.17) is 4.74 Å². The molecule has 4 aromatic carbocycles.